The maximum atomic E-state index is 14.4. The van der Waals surface area contributed by atoms with Crippen molar-refractivity contribution in [2.24, 2.45) is 0 Å². The minimum atomic E-state index is -2.40. The lowest BCUT2D eigenvalue weighted by atomic mass is 10.0. The fourth-order valence-corrected chi connectivity index (χ4v) is 5.06. The highest BCUT2D eigenvalue weighted by atomic mass is 79.9. The van der Waals surface area contributed by atoms with Gasteiger partial charge in [0.15, 0.2) is 46.5 Å². The van der Waals surface area contributed by atoms with Gasteiger partial charge in [-0.2, -0.15) is 0 Å². The largest absolute Gasteiger partial charge is 0.287 e. The molecule has 1 aromatic carbocycles. The van der Waals surface area contributed by atoms with Crippen LogP contribution in [0.25, 0.3) is 0 Å². The molecule has 0 fully saturated rings. The van der Waals surface area contributed by atoms with Crippen molar-refractivity contribution in [3.05, 3.63) is 75.0 Å². The van der Waals surface area contributed by atoms with Crippen molar-refractivity contribution < 1.29 is 44.7 Å². The van der Waals surface area contributed by atoms with Gasteiger partial charge in [0, 0.05) is 0 Å². The molecule has 0 atom stereocenters. The Bertz CT molecular complexity index is 1130. The van der Waals surface area contributed by atoms with E-state index in [1.807, 2.05) is 0 Å². The van der Waals surface area contributed by atoms with Crippen LogP contribution in [-0.4, -0.2) is 11.6 Å². The molecule has 2 nitrogen and oxygen atoms in total. The fourth-order valence-electron chi connectivity index (χ4n) is 2.28. The molecule has 0 aliphatic heterocycles. The molecule has 2 heterocycles. The first-order valence-corrected chi connectivity index (χ1v) is 10.3. The van der Waals surface area contributed by atoms with Crippen LogP contribution in [0.1, 0.15) is 30.5 Å². The van der Waals surface area contributed by atoms with E-state index in [0.29, 0.717) is 0 Å². The van der Waals surface area contributed by atoms with E-state index in [2.05, 4.69) is 31.9 Å². The van der Waals surface area contributed by atoms with E-state index in [0.717, 1.165) is 0 Å². The molecule has 0 N–H and O–H groups in total. The van der Waals surface area contributed by atoms with Crippen molar-refractivity contribution in [3.63, 3.8) is 0 Å². The number of ketones is 2. The van der Waals surface area contributed by atoms with Crippen molar-refractivity contribution in [3.8, 4) is 0 Å². The van der Waals surface area contributed by atoms with E-state index < -0.39 is 86.6 Å². The highest BCUT2D eigenvalue weighted by Gasteiger charge is 2.37. The zero-order valence-electron chi connectivity index (χ0n) is 13.4. The standard InChI is InChI=1S/C16Br2F8O2S2/c17-15-9(25)7(23)13(29-15)11(27)1-3(19)5(21)2(6(22)4(1)20)12(28)14-8(24)10(26)16(18)30-14. The van der Waals surface area contributed by atoms with Crippen LogP contribution in [-0.2, 0) is 0 Å². The second-order valence-electron chi connectivity index (χ2n) is 5.33. The number of carbonyl (C=O) groups is 2. The summed E-state index contributed by atoms with van der Waals surface area (Å²) >= 11 is 5.22. The first-order valence-electron chi connectivity index (χ1n) is 7.11. The third kappa shape index (κ3) is 3.42. The predicted octanol–water partition coefficient (Wildman–Crippen LogP) is 6.91. The number of hydrogen-bond acceptors (Lipinski definition) is 4. The molecule has 0 amide bonds. The molecule has 14 heteroatoms. The maximum absolute atomic E-state index is 14.4. The summed E-state index contributed by atoms with van der Waals surface area (Å²) in [6, 6.07) is 0. The van der Waals surface area contributed by atoms with Crippen molar-refractivity contribution in [2.45, 2.75) is 0 Å². The van der Waals surface area contributed by atoms with Crippen molar-refractivity contribution >= 4 is 66.1 Å². The molecule has 3 rings (SSSR count). The van der Waals surface area contributed by atoms with Gasteiger partial charge in [0.1, 0.15) is 28.5 Å². The summed E-state index contributed by atoms with van der Waals surface area (Å²) in [4.78, 5) is 22.0. The first kappa shape index (κ1) is 23.0. The molecule has 0 aliphatic rings. The summed E-state index contributed by atoms with van der Waals surface area (Å²) < 4.78 is 111. The van der Waals surface area contributed by atoms with Gasteiger partial charge in [-0.15, -0.1) is 22.7 Å². The molecule has 0 aliphatic carbocycles. The van der Waals surface area contributed by atoms with Gasteiger partial charge in [-0.3, -0.25) is 9.59 Å². The Morgan fingerprint density at radius 1 is 0.500 bits per heavy atom. The highest BCUT2D eigenvalue weighted by Crippen LogP contribution is 2.36. The van der Waals surface area contributed by atoms with Gasteiger partial charge < -0.3 is 0 Å². The van der Waals surface area contributed by atoms with Crippen LogP contribution in [0.3, 0.4) is 0 Å². The van der Waals surface area contributed by atoms with Crippen LogP contribution in [0.4, 0.5) is 35.1 Å². The smallest absolute Gasteiger partial charge is 0.212 e. The summed E-state index contributed by atoms with van der Waals surface area (Å²) in [6.07, 6.45) is 0. The molecule has 0 saturated heterocycles. The van der Waals surface area contributed by atoms with Crippen LogP contribution >= 0.6 is 54.5 Å². The Labute approximate surface area is 185 Å². The lowest BCUT2D eigenvalue weighted by molar-refractivity contribution is 0.100. The SMILES string of the molecule is O=C(c1sc(Br)c(F)c1F)c1c(F)c(F)c(C(=O)c2sc(Br)c(F)c2F)c(F)c1F. The number of halogens is 10. The van der Waals surface area contributed by atoms with E-state index in [4.69, 9.17) is 0 Å². The zero-order chi connectivity index (χ0) is 22.7. The van der Waals surface area contributed by atoms with Gasteiger partial charge in [-0.05, 0) is 31.9 Å². The Kier molecular flexibility index (Phi) is 6.24. The summed E-state index contributed by atoms with van der Waals surface area (Å²) in [5.41, 5.74) is -3.87. The third-order valence-corrected chi connectivity index (χ3v) is 7.16. The van der Waals surface area contributed by atoms with Crippen molar-refractivity contribution in [1.82, 2.24) is 0 Å². The zero-order valence-corrected chi connectivity index (χ0v) is 18.2. The van der Waals surface area contributed by atoms with Gasteiger partial charge in [-0.25, -0.2) is 35.1 Å². The van der Waals surface area contributed by atoms with Crippen molar-refractivity contribution in [2.75, 3.05) is 0 Å². The summed E-state index contributed by atoms with van der Waals surface area (Å²) in [5, 5.41) is 0. The second kappa shape index (κ2) is 8.13. The van der Waals surface area contributed by atoms with E-state index in [-0.39, 0.29) is 22.7 Å². The lowest BCUT2D eigenvalue weighted by Gasteiger charge is -2.10. The van der Waals surface area contributed by atoms with Crippen LogP contribution in [0.15, 0.2) is 7.57 Å². The molecule has 0 spiro atoms. The molecule has 3 aromatic rings. The van der Waals surface area contributed by atoms with Crippen LogP contribution in [0, 0.1) is 46.5 Å². The monoisotopic (exact) mass is 598 g/mol. The van der Waals surface area contributed by atoms with Crippen LogP contribution in [0.5, 0.6) is 0 Å². The Morgan fingerprint density at radius 3 is 0.967 bits per heavy atom. The van der Waals surface area contributed by atoms with E-state index >= 15 is 0 Å². The van der Waals surface area contributed by atoms with E-state index in [9.17, 15) is 44.7 Å². The molecule has 0 bridgehead atoms. The molecule has 158 valence electrons. The molecular formula is C16Br2F8O2S2. The molecule has 30 heavy (non-hydrogen) atoms. The first-order chi connectivity index (χ1) is 13.9. The lowest BCUT2D eigenvalue weighted by Crippen LogP contribution is -2.18. The van der Waals surface area contributed by atoms with E-state index in [1.54, 1.807) is 0 Å². The Morgan fingerprint density at radius 2 is 0.767 bits per heavy atom. The van der Waals surface area contributed by atoms with Gasteiger partial charge in [0.25, 0.3) is 0 Å². The van der Waals surface area contributed by atoms with Gasteiger partial charge in [-0.1, -0.05) is 0 Å². The van der Waals surface area contributed by atoms with E-state index in [1.165, 1.54) is 0 Å². The molecule has 2 aromatic heterocycles. The molecule has 0 radical (unpaired) electrons. The van der Waals surface area contributed by atoms with Gasteiger partial charge in [0.2, 0.25) is 11.6 Å². The Balaban J connectivity index is 2.21. The van der Waals surface area contributed by atoms with Gasteiger partial charge in [0.05, 0.1) is 0 Å². The minimum Gasteiger partial charge on any atom is -0.287 e. The average Bonchev–Trinajstić information content (AvgIpc) is 3.11. The Hall–Kier alpha value is -1.64. The quantitative estimate of drug-likeness (QED) is 0.186. The van der Waals surface area contributed by atoms with Crippen molar-refractivity contribution in [1.29, 1.82) is 0 Å². The highest BCUT2D eigenvalue weighted by molar-refractivity contribution is 9.11. The maximum Gasteiger partial charge on any atom is 0.212 e. The normalized spacial score (nSPS) is 11.3. The summed E-state index contributed by atoms with van der Waals surface area (Å²) in [5.74, 6) is -20.3. The number of hydrogen-bond donors (Lipinski definition) is 0. The number of carbonyl (C=O) groups excluding carboxylic acids is 2. The number of thiophene rings is 2. The second-order valence-corrected chi connectivity index (χ2v) is 10.0. The molecule has 0 saturated carbocycles. The fraction of sp³-hybridized carbons (Fsp3) is 0. The van der Waals surface area contributed by atoms with Crippen LogP contribution < -0.4 is 0 Å². The summed E-state index contributed by atoms with van der Waals surface area (Å²) in [7, 11) is 0. The third-order valence-electron chi connectivity index (χ3n) is 3.64. The average molecular weight is 600 g/mol. The minimum absolute atomic E-state index is 0.0639. The topological polar surface area (TPSA) is 34.1 Å². The predicted molar refractivity (Wildman–Crippen MR) is 97.0 cm³/mol. The van der Waals surface area contributed by atoms with Gasteiger partial charge >= 0.3 is 0 Å². The summed E-state index contributed by atoms with van der Waals surface area (Å²) in [6.45, 7) is 0. The number of rotatable bonds is 4. The molecular weight excluding hydrogens is 600 g/mol. The number of benzene rings is 1. The molecule has 0 unspecified atom stereocenters. The van der Waals surface area contributed by atoms with Crippen LogP contribution in [0.2, 0.25) is 0 Å².